The molecule has 154 valence electrons. The number of nitrogens with one attached hydrogen (secondary N) is 3. The van der Waals surface area contributed by atoms with Crippen LogP contribution in [0.5, 0.6) is 5.75 Å². The lowest BCUT2D eigenvalue weighted by molar-refractivity contribution is -0.115. The van der Waals surface area contributed by atoms with Crippen LogP contribution in [0.1, 0.15) is 18.1 Å². The number of hydrogen-bond donors (Lipinski definition) is 3. The third-order valence-corrected chi connectivity index (χ3v) is 4.40. The Kier molecular flexibility index (Phi) is 7.05. The number of hydrogen-bond acceptors (Lipinski definition) is 3. The van der Waals surface area contributed by atoms with Crippen LogP contribution in [0, 0.1) is 6.92 Å². The van der Waals surface area contributed by atoms with E-state index in [0.29, 0.717) is 23.7 Å². The van der Waals surface area contributed by atoms with Crippen LogP contribution in [0.2, 0.25) is 0 Å². The maximum absolute atomic E-state index is 12.5. The van der Waals surface area contributed by atoms with E-state index in [-0.39, 0.29) is 18.4 Å². The second-order valence-corrected chi connectivity index (χ2v) is 6.78. The van der Waals surface area contributed by atoms with Crippen molar-refractivity contribution in [2.45, 2.75) is 20.3 Å². The average Bonchev–Trinajstić information content (AvgIpc) is 2.73. The van der Waals surface area contributed by atoms with Gasteiger partial charge in [0, 0.05) is 17.1 Å². The minimum absolute atomic E-state index is 0.131. The molecule has 3 aromatic rings. The number of carbonyl (C=O) groups excluding carboxylic acids is 2. The summed E-state index contributed by atoms with van der Waals surface area (Å²) in [6.07, 6.45) is 0.248. The molecule has 0 saturated carbocycles. The fraction of sp³-hybridized carbons (Fsp3) is 0.167. The molecule has 0 unspecified atom stereocenters. The molecule has 0 spiro atoms. The van der Waals surface area contributed by atoms with E-state index in [1.165, 1.54) is 0 Å². The Bertz CT molecular complexity index is 1000. The van der Waals surface area contributed by atoms with Gasteiger partial charge in [-0.2, -0.15) is 0 Å². The van der Waals surface area contributed by atoms with E-state index in [4.69, 9.17) is 4.74 Å². The van der Waals surface area contributed by atoms with Crippen LogP contribution in [0.4, 0.5) is 21.9 Å². The monoisotopic (exact) mass is 403 g/mol. The van der Waals surface area contributed by atoms with E-state index in [2.05, 4.69) is 16.0 Å². The van der Waals surface area contributed by atoms with Gasteiger partial charge in [0.05, 0.1) is 13.0 Å². The number of rotatable bonds is 7. The molecule has 0 aromatic heterocycles. The molecule has 30 heavy (non-hydrogen) atoms. The van der Waals surface area contributed by atoms with Crippen LogP contribution in [0.15, 0.2) is 72.8 Å². The molecule has 0 saturated heterocycles. The van der Waals surface area contributed by atoms with Gasteiger partial charge in [0.2, 0.25) is 5.91 Å². The predicted octanol–water partition coefficient (Wildman–Crippen LogP) is 5.22. The van der Waals surface area contributed by atoms with Gasteiger partial charge in [-0.15, -0.1) is 0 Å². The smallest absolute Gasteiger partial charge is 0.323 e. The van der Waals surface area contributed by atoms with Gasteiger partial charge in [0.25, 0.3) is 0 Å². The molecule has 0 fully saturated rings. The Labute approximate surface area is 176 Å². The normalized spacial score (nSPS) is 10.2. The lowest BCUT2D eigenvalue weighted by Gasteiger charge is -2.12. The van der Waals surface area contributed by atoms with Crippen molar-refractivity contribution in [3.63, 3.8) is 0 Å². The first-order chi connectivity index (χ1) is 14.5. The highest BCUT2D eigenvalue weighted by atomic mass is 16.5. The number of urea groups is 1. The summed E-state index contributed by atoms with van der Waals surface area (Å²) in [5.41, 5.74) is 3.74. The summed E-state index contributed by atoms with van der Waals surface area (Å²) >= 11 is 0. The highest BCUT2D eigenvalue weighted by molar-refractivity contribution is 6.00. The zero-order valence-electron chi connectivity index (χ0n) is 17.1. The number of para-hydroxylation sites is 1. The van der Waals surface area contributed by atoms with Crippen LogP contribution < -0.4 is 20.7 Å². The maximum atomic E-state index is 12.5. The first-order valence-corrected chi connectivity index (χ1v) is 9.79. The summed E-state index contributed by atoms with van der Waals surface area (Å²) in [5.74, 6) is 0.651. The molecule has 0 aliphatic carbocycles. The molecule has 0 atom stereocenters. The second-order valence-electron chi connectivity index (χ2n) is 6.78. The molecular weight excluding hydrogens is 378 g/mol. The number of ether oxygens (including phenoxy) is 1. The summed E-state index contributed by atoms with van der Waals surface area (Å²) in [5, 5.41) is 8.47. The zero-order valence-corrected chi connectivity index (χ0v) is 17.1. The van der Waals surface area contributed by atoms with Crippen LogP contribution >= 0.6 is 0 Å². The van der Waals surface area contributed by atoms with Crippen molar-refractivity contribution in [1.29, 1.82) is 0 Å². The number of carbonyl (C=O) groups is 2. The highest BCUT2D eigenvalue weighted by Crippen LogP contribution is 2.21. The van der Waals surface area contributed by atoms with Gasteiger partial charge in [-0.25, -0.2) is 4.79 Å². The molecule has 0 aliphatic rings. The fourth-order valence-electron chi connectivity index (χ4n) is 2.90. The minimum Gasteiger partial charge on any atom is -0.494 e. The maximum Gasteiger partial charge on any atom is 0.323 e. The minimum atomic E-state index is -0.350. The Hall–Kier alpha value is -3.80. The van der Waals surface area contributed by atoms with Crippen molar-refractivity contribution in [3.05, 3.63) is 83.9 Å². The molecular formula is C24H25N3O3. The highest BCUT2D eigenvalue weighted by Gasteiger charge is 2.09. The summed E-state index contributed by atoms with van der Waals surface area (Å²) in [4.78, 5) is 24.7. The summed E-state index contributed by atoms with van der Waals surface area (Å²) in [7, 11) is 0. The van der Waals surface area contributed by atoms with Crippen LogP contribution in [-0.2, 0) is 11.2 Å². The van der Waals surface area contributed by atoms with Crippen molar-refractivity contribution < 1.29 is 14.3 Å². The first kappa shape index (κ1) is 20.9. The molecule has 0 heterocycles. The van der Waals surface area contributed by atoms with E-state index in [1.54, 1.807) is 24.3 Å². The predicted molar refractivity (Wildman–Crippen MR) is 120 cm³/mol. The van der Waals surface area contributed by atoms with Gasteiger partial charge >= 0.3 is 6.03 Å². The largest absolute Gasteiger partial charge is 0.494 e. The van der Waals surface area contributed by atoms with Crippen molar-refractivity contribution in [2.75, 3.05) is 22.6 Å². The summed E-state index contributed by atoms with van der Waals surface area (Å²) in [6.45, 7) is 4.44. The number of amides is 3. The van der Waals surface area contributed by atoms with E-state index in [9.17, 15) is 9.59 Å². The van der Waals surface area contributed by atoms with Crippen molar-refractivity contribution >= 4 is 29.0 Å². The Morgan fingerprint density at radius 2 is 1.53 bits per heavy atom. The van der Waals surface area contributed by atoms with E-state index >= 15 is 0 Å². The number of aryl methyl sites for hydroxylation is 1. The third kappa shape index (κ3) is 6.10. The average molecular weight is 403 g/mol. The van der Waals surface area contributed by atoms with Crippen molar-refractivity contribution in [1.82, 2.24) is 0 Å². The Balaban J connectivity index is 1.60. The van der Waals surface area contributed by atoms with Crippen LogP contribution in [-0.4, -0.2) is 18.5 Å². The molecule has 0 radical (unpaired) electrons. The molecule has 3 amide bonds. The molecule has 6 heteroatoms. The van der Waals surface area contributed by atoms with Gasteiger partial charge < -0.3 is 20.7 Å². The lowest BCUT2D eigenvalue weighted by atomic mass is 10.1. The van der Waals surface area contributed by atoms with Gasteiger partial charge in [0.15, 0.2) is 0 Å². The Morgan fingerprint density at radius 3 is 2.23 bits per heavy atom. The number of benzene rings is 3. The van der Waals surface area contributed by atoms with Gasteiger partial charge in [-0.05, 0) is 61.4 Å². The molecule has 3 aromatic carbocycles. The van der Waals surface area contributed by atoms with E-state index in [0.717, 1.165) is 16.9 Å². The second kappa shape index (κ2) is 10.1. The van der Waals surface area contributed by atoms with Crippen molar-refractivity contribution in [3.8, 4) is 5.75 Å². The van der Waals surface area contributed by atoms with Crippen LogP contribution in [0.25, 0.3) is 0 Å². The van der Waals surface area contributed by atoms with Crippen molar-refractivity contribution in [2.24, 2.45) is 0 Å². The fourth-order valence-corrected chi connectivity index (χ4v) is 2.90. The van der Waals surface area contributed by atoms with Crippen LogP contribution in [0.3, 0.4) is 0 Å². The van der Waals surface area contributed by atoms with Gasteiger partial charge in [-0.1, -0.05) is 36.4 Å². The number of anilines is 3. The molecule has 3 N–H and O–H groups in total. The van der Waals surface area contributed by atoms with E-state index < -0.39 is 0 Å². The topological polar surface area (TPSA) is 79.5 Å². The quantitative estimate of drug-likeness (QED) is 0.506. The zero-order chi connectivity index (χ0) is 21.3. The van der Waals surface area contributed by atoms with E-state index in [1.807, 2.05) is 62.4 Å². The molecule has 0 aliphatic heterocycles. The molecule has 6 nitrogen and oxygen atoms in total. The standard InChI is InChI=1S/C24H25N3O3/c1-3-30-21-13-10-18(11-14-21)15-23(28)27-22-16-20(12-9-17(22)2)26-24(29)25-19-7-5-4-6-8-19/h4-14,16H,3,15H2,1-2H3,(H,27,28)(H2,25,26,29). The van der Waals surface area contributed by atoms with Gasteiger partial charge in [0.1, 0.15) is 5.75 Å². The summed E-state index contributed by atoms with van der Waals surface area (Å²) in [6, 6.07) is 21.7. The molecule has 0 bridgehead atoms. The lowest BCUT2D eigenvalue weighted by Crippen LogP contribution is -2.20. The molecule has 3 rings (SSSR count). The Morgan fingerprint density at radius 1 is 0.833 bits per heavy atom. The first-order valence-electron chi connectivity index (χ1n) is 9.79. The third-order valence-electron chi connectivity index (χ3n) is 4.40. The van der Waals surface area contributed by atoms with Gasteiger partial charge in [-0.3, -0.25) is 4.79 Å². The SMILES string of the molecule is CCOc1ccc(CC(=O)Nc2cc(NC(=O)Nc3ccccc3)ccc2C)cc1. The summed E-state index contributed by atoms with van der Waals surface area (Å²) < 4.78 is 5.42.